The molecule has 2 heteroatoms. The van der Waals surface area contributed by atoms with Gasteiger partial charge in [-0.05, 0) is 23.3 Å². The Balaban J connectivity index is 2.03. The molecular weight excluding hydrogens is 224 g/mol. The first-order chi connectivity index (χ1) is 8.75. The van der Waals surface area contributed by atoms with Gasteiger partial charge in [0, 0.05) is 0 Å². The van der Waals surface area contributed by atoms with Gasteiger partial charge in [-0.2, -0.15) is 0 Å². The van der Waals surface area contributed by atoms with Crippen molar-refractivity contribution in [1.82, 2.24) is 0 Å². The molecule has 0 aliphatic carbocycles. The first-order valence-electron chi connectivity index (χ1n) is 5.67. The SMILES string of the molecule is Oc1ccc(/C=C/C=C/c2ccccc2)cc1O. The number of allylic oxidation sites excluding steroid dienone is 2. The number of phenols is 2. The van der Waals surface area contributed by atoms with Crippen LogP contribution in [0.25, 0.3) is 12.2 Å². The third kappa shape index (κ3) is 3.25. The van der Waals surface area contributed by atoms with Crippen LogP contribution >= 0.6 is 0 Å². The highest BCUT2D eigenvalue weighted by Gasteiger charge is 1.96. The highest BCUT2D eigenvalue weighted by Crippen LogP contribution is 2.25. The van der Waals surface area contributed by atoms with Crippen molar-refractivity contribution in [3.05, 3.63) is 71.8 Å². The quantitative estimate of drug-likeness (QED) is 0.630. The summed E-state index contributed by atoms with van der Waals surface area (Å²) in [4.78, 5) is 0. The number of rotatable bonds is 3. The van der Waals surface area contributed by atoms with Crippen LogP contribution in [-0.4, -0.2) is 10.2 Å². The normalized spacial score (nSPS) is 11.3. The van der Waals surface area contributed by atoms with E-state index in [0.29, 0.717) is 0 Å². The average molecular weight is 238 g/mol. The van der Waals surface area contributed by atoms with E-state index in [-0.39, 0.29) is 11.5 Å². The topological polar surface area (TPSA) is 40.5 Å². The van der Waals surface area contributed by atoms with Gasteiger partial charge in [0.1, 0.15) is 0 Å². The lowest BCUT2D eigenvalue weighted by Gasteiger charge is -1.97. The first kappa shape index (κ1) is 12.0. The van der Waals surface area contributed by atoms with Crippen molar-refractivity contribution in [2.75, 3.05) is 0 Å². The standard InChI is InChI=1S/C16H14O2/c17-15-11-10-14(12-16(15)18)9-5-4-8-13-6-2-1-3-7-13/h1-12,17-18H/b8-4+,9-5+. The molecule has 18 heavy (non-hydrogen) atoms. The van der Waals surface area contributed by atoms with Crippen molar-refractivity contribution in [2.24, 2.45) is 0 Å². The average Bonchev–Trinajstić information content (AvgIpc) is 2.40. The Labute approximate surface area is 106 Å². The zero-order chi connectivity index (χ0) is 12.8. The number of hydrogen-bond acceptors (Lipinski definition) is 2. The molecule has 0 bridgehead atoms. The van der Waals surface area contributed by atoms with Crippen LogP contribution in [0.1, 0.15) is 11.1 Å². The van der Waals surface area contributed by atoms with Crippen molar-refractivity contribution < 1.29 is 10.2 Å². The molecule has 2 aromatic carbocycles. The van der Waals surface area contributed by atoms with Crippen LogP contribution in [0.4, 0.5) is 0 Å². The van der Waals surface area contributed by atoms with E-state index in [9.17, 15) is 10.2 Å². The summed E-state index contributed by atoms with van der Waals surface area (Å²) in [7, 11) is 0. The third-order valence-corrected chi connectivity index (χ3v) is 2.49. The van der Waals surface area contributed by atoms with Crippen LogP contribution in [0.2, 0.25) is 0 Å². The van der Waals surface area contributed by atoms with E-state index < -0.39 is 0 Å². The van der Waals surface area contributed by atoms with Crippen LogP contribution < -0.4 is 0 Å². The first-order valence-corrected chi connectivity index (χ1v) is 5.67. The maximum absolute atomic E-state index is 9.33. The van der Waals surface area contributed by atoms with Crippen molar-refractivity contribution in [3.63, 3.8) is 0 Å². The van der Waals surface area contributed by atoms with Gasteiger partial charge in [0.05, 0.1) is 0 Å². The molecule has 0 radical (unpaired) electrons. The van der Waals surface area contributed by atoms with E-state index in [4.69, 9.17) is 0 Å². The maximum atomic E-state index is 9.33. The molecule has 2 rings (SSSR count). The zero-order valence-electron chi connectivity index (χ0n) is 9.82. The largest absolute Gasteiger partial charge is 0.504 e. The molecule has 0 spiro atoms. The summed E-state index contributed by atoms with van der Waals surface area (Å²) in [5.74, 6) is -0.212. The van der Waals surface area contributed by atoms with Gasteiger partial charge in [0.2, 0.25) is 0 Å². The highest BCUT2D eigenvalue weighted by molar-refractivity contribution is 5.59. The molecule has 0 saturated heterocycles. The van der Waals surface area contributed by atoms with Gasteiger partial charge in [0.25, 0.3) is 0 Å². The molecular formula is C16H14O2. The predicted molar refractivity (Wildman–Crippen MR) is 74.3 cm³/mol. The van der Waals surface area contributed by atoms with Gasteiger partial charge in [0.15, 0.2) is 11.5 Å². The second-order valence-electron chi connectivity index (χ2n) is 3.88. The number of phenolic OH excluding ortho intramolecular Hbond substituents is 2. The monoisotopic (exact) mass is 238 g/mol. The molecule has 2 N–H and O–H groups in total. The lowest BCUT2D eigenvalue weighted by Crippen LogP contribution is -1.72. The van der Waals surface area contributed by atoms with Gasteiger partial charge < -0.3 is 10.2 Å². The molecule has 0 aromatic heterocycles. The second kappa shape index (κ2) is 5.73. The minimum atomic E-state index is -0.107. The molecule has 0 unspecified atom stereocenters. The summed E-state index contributed by atoms with van der Waals surface area (Å²) in [5, 5.41) is 18.5. The van der Waals surface area contributed by atoms with Gasteiger partial charge in [-0.3, -0.25) is 0 Å². The molecule has 90 valence electrons. The van der Waals surface area contributed by atoms with Crippen molar-refractivity contribution in [1.29, 1.82) is 0 Å². The number of benzene rings is 2. The molecule has 0 saturated carbocycles. The van der Waals surface area contributed by atoms with Crippen molar-refractivity contribution in [2.45, 2.75) is 0 Å². The summed E-state index contributed by atoms with van der Waals surface area (Å²) in [6.07, 6.45) is 7.67. The molecule has 2 aromatic rings. The maximum Gasteiger partial charge on any atom is 0.157 e. The van der Waals surface area contributed by atoms with Crippen LogP contribution in [0.15, 0.2) is 60.7 Å². The van der Waals surface area contributed by atoms with Crippen LogP contribution in [0.3, 0.4) is 0 Å². The fourth-order valence-electron chi connectivity index (χ4n) is 1.54. The van der Waals surface area contributed by atoms with E-state index in [0.717, 1.165) is 11.1 Å². The molecule has 0 aliphatic heterocycles. The summed E-state index contributed by atoms with van der Waals surface area (Å²) in [6, 6.07) is 14.7. The van der Waals surface area contributed by atoms with E-state index >= 15 is 0 Å². The lowest BCUT2D eigenvalue weighted by atomic mass is 10.1. The molecule has 0 fully saturated rings. The fraction of sp³-hybridized carbons (Fsp3) is 0. The van der Waals surface area contributed by atoms with Crippen LogP contribution in [0.5, 0.6) is 11.5 Å². The minimum absolute atomic E-state index is 0.105. The van der Waals surface area contributed by atoms with E-state index in [1.807, 2.05) is 54.6 Å². The molecule has 0 heterocycles. The Morgan fingerprint density at radius 2 is 1.33 bits per heavy atom. The molecule has 0 aliphatic rings. The third-order valence-electron chi connectivity index (χ3n) is 2.49. The molecule has 0 atom stereocenters. The lowest BCUT2D eigenvalue weighted by molar-refractivity contribution is 0.403. The summed E-state index contributed by atoms with van der Waals surface area (Å²) in [6.45, 7) is 0. The summed E-state index contributed by atoms with van der Waals surface area (Å²) >= 11 is 0. The summed E-state index contributed by atoms with van der Waals surface area (Å²) in [5.41, 5.74) is 1.97. The van der Waals surface area contributed by atoms with Crippen LogP contribution in [-0.2, 0) is 0 Å². The minimum Gasteiger partial charge on any atom is -0.504 e. The summed E-state index contributed by atoms with van der Waals surface area (Å²) < 4.78 is 0. The van der Waals surface area contributed by atoms with Gasteiger partial charge in [-0.1, -0.05) is 60.7 Å². The second-order valence-corrected chi connectivity index (χ2v) is 3.88. The highest BCUT2D eigenvalue weighted by atomic mass is 16.3. The Morgan fingerprint density at radius 3 is 2.00 bits per heavy atom. The van der Waals surface area contributed by atoms with Crippen molar-refractivity contribution in [3.8, 4) is 11.5 Å². The van der Waals surface area contributed by atoms with Crippen molar-refractivity contribution >= 4 is 12.2 Å². The molecule has 0 amide bonds. The number of hydrogen-bond donors (Lipinski definition) is 2. The van der Waals surface area contributed by atoms with E-state index in [2.05, 4.69) is 0 Å². The van der Waals surface area contributed by atoms with E-state index in [1.54, 1.807) is 6.07 Å². The van der Waals surface area contributed by atoms with Gasteiger partial charge in [-0.25, -0.2) is 0 Å². The number of aromatic hydroxyl groups is 2. The fourth-order valence-corrected chi connectivity index (χ4v) is 1.54. The van der Waals surface area contributed by atoms with Crippen LogP contribution in [0, 0.1) is 0 Å². The predicted octanol–water partition coefficient (Wildman–Crippen LogP) is 3.82. The van der Waals surface area contributed by atoms with Gasteiger partial charge >= 0.3 is 0 Å². The Bertz CT molecular complexity index is 569. The Hall–Kier alpha value is -2.48. The Morgan fingerprint density at radius 1 is 0.667 bits per heavy atom. The van der Waals surface area contributed by atoms with Gasteiger partial charge in [-0.15, -0.1) is 0 Å². The van der Waals surface area contributed by atoms with E-state index in [1.165, 1.54) is 12.1 Å². The Kier molecular flexibility index (Phi) is 3.82. The smallest absolute Gasteiger partial charge is 0.157 e. The zero-order valence-corrected chi connectivity index (χ0v) is 9.82. The molecule has 2 nitrogen and oxygen atoms in total.